The summed E-state index contributed by atoms with van der Waals surface area (Å²) in [6.07, 6.45) is 0.318. The van der Waals surface area contributed by atoms with Gasteiger partial charge in [0.05, 0.1) is 13.0 Å². The van der Waals surface area contributed by atoms with Gasteiger partial charge in [0.1, 0.15) is 11.5 Å². The topological polar surface area (TPSA) is 72.6 Å². The zero-order valence-corrected chi connectivity index (χ0v) is 9.64. The standard InChI is InChI=1S/C12H13NO4/c1-7(12(14)15)6-10-8-4-3-5-9(16-2)11(8)13-17-10/h3-5,7H,6H2,1-2H3,(H,14,15). The average molecular weight is 235 g/mol. The number of nitrogens with zero attached hydrogens (tertiary/aromatic N) is 1. The highest BCUT2D eigenvalue weighted by molar-refractivity contribution is 5.86. The molecule has 0 aliphatic rings. The Hall–Kier alpha value is -2.04. The lowest BCUT2D eigenvalue weighted by molar-refractivity contribution is -0.141. The second-order valence-electron chi connectivity index (χ2n) is 3.91. The lowest BCUT2D eigenvalue weighted by Crippen LogP contribution is -2.11. The maximum atomic E-state index is 10.8. The van der Waals surface area contributed by atoms with Gasteiger partial charge >= 0.3 is 5.97 Å². The van der Waals surface area contributed by atoms with Crippen LogP contribution in [0.5, 0.6) is 5.75 Å². The summed E-state index contributed by atoms with van der Waals surface area (Å²) in [5.41, 5.74) is 0.627. The molecule has 5 nitrogen and oxygen atoms in total. The molecule has 1 atom stereocenters. The van der Waals surface area contributed by atoms with Crippen LogP contribution in [0.1, 0.15) is 12.7 Å². The molecule has 1 aromatic heterocycles. The number of hydrogen-bond donors (Lipinski definition) is 1. The quantitative estimate of drug-likeness (QED) is 0.878. The smallest absolute Gasteiger partial charge is 0.306 e. The van der Waals surface area contributed by atoms with E-state index in [0.29, 0.717) is 23.4 Å². The molecule has 0 fully saturated rings. The Labute approximate surface area is 98.0 Å². The first-order chi connectivity index (χ1) is 8.13. The van der Waals surface area contributed by atoms with E-state index in [1.54, 1.807) is 20.1 Å². The van der Waals surface area contributed by atoms with E-state index in [-0.39, 0.29) is 0 Å². The summed E-state index contributed by atoms with van der Waals surface area (Å²) in [7, 11) is 1.56. The highest BCUT2D eigenvalue weighted by Crippen LogP contribution is 2.28. The van der Waals surface area contributed by atoms with Gasteiger partial charge in [-0.3, -0.25) is 4.79 Å². The summed E-state index contributed by atoms with van der Waals surface area (Å²) in [4.78, 5) is 10.8. The number of carboxylic acids is 1. The number of carbonyl (C=O) groups is 1. The minimum absolute atomic E-state index is 0.318. The molecule has 1 aromatic carbocycles. The first-order valence-electron chi connectivity index (χ1n) is 5.27. The Morgan fingerprint density at radius 1 is 1.59 bits per heavy atom. The fraction of sp³-hybridized carbons (Fsp3) is 0.333. The normalized spacial score (nSPS) is 12.6. The number of methoxy groups -OCH3 is 1. The second-order valence-corrected chi connectivity index (χ2v) is 3.91. The van der Waals surface area contributed by atoms with Crippen molar-refractivity contribution in [1.29, 1.82) is 0 Å². The monoisotopic (exact) mass is 235 g/mol. The fourth-order valence-corrected chi connectivity index (χ4v) is 1.67. The predicted octanol–water partition coefficient (Wildman–Crippen LogP) is 2.10. The third-order valence-corrected chi connectivity index (χ3v) is 2.68. The molecule has 0 aliphatic carbocycles. The van der Waals surface area contributed by atoms with Gasteiger partial charge in [-0.2, -0.15) is 0 Å². The van der Waals surface area contributed by atoms with E-state index < -0.39 is 11.9 Å². The molecule has 2 aromatic rings. The van der Waals surface area contributed by atoms with Crippen molar-refractivity contribution >= 4 is 16.9 Å². The third-order valence-electron chi connectivity index (χ3n) is 2.68. The van der Waals surface area contributed by atoms with Gasteiger partial charge in [-0.05, 0) is 12.1 Å². The van der Waals surface area contributed by atoms with E-state index in [4.69, 9.17) is 14.4 Å². The number of carboxylic acid groups (broad SMARTS) is 1. The fourth-order valence-electron chi connectivity index (χ4n) is 1.67. The number of ether oxygens (including phenoxy) is 1. The van der Waals surface area contributed by atoms with Crippen molar-refractivity contribution in [3.8, 4) is 5.75 Å². The highest BCUT2D eigenvalue weighted by Gasteiger charge is 2.18. The Kier molecular flexibility index (Phi) is 2.99. The van der Waals surface area contributed by atoms with Crippen LogP contribution in [0.2, 0.25) is 0 Å². The van der Waals surface area contributed by atoms with Gasteiger partial charge in [-0.15, -0.1) is 0 Å². The molecule has 90 valence electrons. The van der Waals surface area contributed by atoms with Crippen LogP contribution in [-0.2, 0) is 11.2 Å². The van der Waals surface area contributed by atoms with Crippen molar-refractivity contribution in [3.05, 3.63) is 24.0 Å². The summed E-state index contributed by atoms with van der Waals surface area (Å²) < 4.78 is 10.3. The van der Waals surface area contributed by atoms with Gasteiger partial charge in [-0.1, -0.05) is 18.1 Å². The maximum Gasteiger partial charge on any atom is 0.306 e. The molecule has 0 radical (unpaired) electrons. The van der Waals surface area contributed by atoms with Crippen LogP contribution in [0.15, 0.2) is 22.7 Å². The minimum atomic E-state index is -0.850. The number of rotatable bonds is 4. The van der Waals surface area contributed by atoms with E-state index in [2.05, 4.69) is 5.16 Å². The van der Waals surface area contributed by atoms with E-state index in [1.807, 2.05) is 12.1 Å². The van der Waals surface area contributed by atoms with Crippen LogP contribution in [0, 0.1) is 5.92 Å². The van der Waals surface area contributed by atoms with E-state index in [0.717, 1.165) is 5.39 Å². The number of hydrogen-bond acceptors (Lipinski definition) is 4. The van der Waals surface area contributed by atoms with Crippen LogP contribution < -0.4 is 4.74 Å². The summed E-state index contributed by atoms with van der Waals surface area (Å²) in [5, 5.41) is 13.6. The molecule has 0 amide bonds. The largest absolute Gasteiger partial charge is 0.494 e. The molecule has 17 heavy (non-hydrogen) atoms. The molecule has 0 saturated heterocycles. The van der Waals surface area contributed by atoms with Gasteiger partial charge in [0.25, 0.3) is 0 Å². The molecule has 0 aliphatic heterocycles. The van der Waals surface area contributed by atoms with E-state index >= 15 is 0 Å². The van der Waals surface area contributed by atoms with E-state index in [9.17, 15) is 4.79 Å². The molecule has 1 N–H and O–H groups in total. The van der Waals surface area contributed by atoms with Crippen LogP contribution in [0.4, 0.5) is 0 Å². The first kappa shape index (κ1) is 11.4. The molecule has 0 bridgehead atoms. The zero-order valence-electron chi connectivity index (χ0n) is 9.64. The lowest BCUT2D eigenvalue weighted by Gasteiger charge is -2.02. The highest BCUT2D eigenvalue weighted by atomic mass is 16.5. The second kappa shape index (κ2) is 4.45. The van der Waals surface area contributed by atoms with Crippen molar-refractivity contribution in [2.24, 2.45) is 5.92 Å². The molecule has 2 rings (SSSR count). The molecule has 1 heterocycles. The maximum absolute atomic E-state index is 10.8. The molecule has 0 spiro atoms. The Morgan fingerprint density at radius 3 is 3.00 bits per heavy atom. The summed E-state index contributed by atoms with van der Waals surface area (Å²) >= 11 is 0. The predicted molar refractivity (Wildman–Crippen MR) is 61.1 cm³/mol. The van der Waals surface area contributed by atoms with Gasteiger partial charge < -0.3 is 14.4 Å². The van der Waals surface area contributed by atoms with Crippen LogP contribution >= 0.6 is 0 Å². The molecule has 0 saturated carbocycles. The van der Waals surface area contributed by atoms with Crippen molar-refractivity contribution in [3.63, 3.8) is 0 Å². The minimum Gasteiger partial charge on any atom is -0.494 e. The van der Waals surface area contributed by atoms with Crippen molar-refractivity contribution in [2.75, 3.05) is 7.11 Å². The number of aromatic nitrogens is 1. The van der Waals surface area contributed by atoms with Crippen LogP contribution in [0.25, 0.3) is 10.9 Å². The summed E-state index contributed by atoms with van der Waals surface area (Å²) in [6, 6.07) is 5.46. The molecular weight excluding hydrogens is 222 g/mol. The Balaban J connectivity index is 2.40. The summed E-state index contributed by atoms with van der Waals surface area (Å²) in [6.45, 7) is 1.64. The number of fused-ring (bicyclic) bond motifs is 1. The Bertz CT molecular complexity index is 546. The van der Waals surface area contributed by atoms with Gasteiger partial charge in [0, 0.05) is 11.8 Å². The zero-order chi connectivity index (χ0) is 12.4. The molecule has 5 heteroatoms. The van der Waals surface area contributed by atoms with Crippen molar-refractivity contribution in [2.45, 2.75) is 13.3 Å². The van der Waals surface area contributed by atoms with Crippen molar-refractivity contribution in [1.82, 2.24) is 5.16 Å². The number of benzene rings is 1. The first-order valence-corrected chi connectivity index (χ1v) is 5.27. The van der Waals surface area contributed by atoms with Gasteiger partial charge in [0.2, 0.25) is 0 Å². The van der Waals surface area contributed by atoms with E-state index in [1.165, 1.54) is 0 Å². The molecular formula is C12H13NO4. The SMILES string of the molecule is COc1cccc2c(CC(C)C(=O)O)onc12. The Morgan fingerprint density at radius 2 is 2.35 bits per heavy atom. The summed E-state index contributed by atoms with van der Waals surface area (Å²) in [5.74, 6) is -0.149. The van der Waals surface area contributed by atoms with Gasteiger partial charge in [0.15, 0.2) is 5.52 Å². The van der Waals surface area contributed by atoms with Gasteiger partial charge in [-0.25, -0.2) is 0 Å². The average Bonchev–Trinajstić information content (AvgIpc) is 2.72. The van der Waals surface area contributed by atoms with Crippen LogP contribution in [-0.4, -0.2) is 23.3 Å². The third kappa shape index (κ3) is 2.08. The van der Waals surface area contributed by atoms with Crippen molar-refractivity contribution < 1.29 is 19.2 Å². The van der Waals surface area contributed by atoms with Crippen LogP contribution in [0.3, 0.4) is 0 Å². The lowest BCUT2D eigenvalue weighted by atomic mass is 10.0. The number of aliphatic carboxylic acids is 1. The molecule has 1 unspecified atom stereocenters.